The fraction of sp³-hybridized carbons (Fsp3) is 0.385. The average Bonchev–Trinajstić information content (AvgIpc) is 3.02. The molecule has 0 bridgehead atoms. The Hall–Kier alpha value is -1.82. The smallest absolute Gasteiger partial charge is 0.191 e. The highest BCUT2D eigenvalue weighted by atomic mass is 32.1. The molecule has 5 nitrogen and oxygen atoms in total. The SMILES string of the molecule is CN=C(NCc1ccsc1)NCc1c(C)noc1C. The number of nitrogens with one attached hydrogen (secondary N) is 2. The summed E-state index contributed by atoms with van der Waals surface area (Å²) in [5, 5.41) is 14.6. The maximum Gasteiger partial charge on any atom is 0.191 e. The highest BCUT2D eigenvalue weighted by Crippen LogP contribution is 2.11. The molecule has 0 radical (unpaired) electrons. The van der Waals surface area contributed by atoms with Crippen LogP contribution in [0.4, 0.5) is 0 Å². The van der Waals surface area contributed by atoms with Crippen molar-refractivity contribution in [3.05, 3.63) is 39.4 Å². The number of aliphatic imine (C=N–C) groups is 1. The fourth-order valence-electron chi connectivity index (χ4n) is 1.73. The Morgan fingerprint density at radius 3 is 2.74 bits per heavy atom. The van der Waals surface area contributed by atoms with E-state index in [9.17, 15) is 0 Å². The van der Waals surface area contributed by atoms with Crippen LogP contribution in [0.15, 0.2) is 26.3 Å². The number of aromatic nitrogens is 1. The third-order valence-electron chi connectivity index (χ3n) is 2.88. The van der Waals surface area contributed by atoms with Crippen molar-refractivity contribution in [3.8, 4) is 0 Å². The summed E-state index contributed by atoms with van der Waals surface area (Å²) in [6.07, 6.45) is 0. The molecular weight excluding hydrogens is 260 g/mol. The Morgan fingerprint density at radius 1 is 1.37 bits per heavy atom. The van der Waals surface area contributed by atoms with Gasteiger partial charge in [-0.3, -0.25) is 4.99 Å². The highest BCUT2D eigenvalue weighted by molar-refractivity contribution is 7.07. The average molecular weight is 278 g/mol. The van der Waals surface area contributed by atoms with Crippen LogP contribution in [0.1, 0.15) is 22.6 Å². The van der Waals surface area contributed by atoms with Gasteiger partial charge in [-0.15, -0.1) is 0 Å². The summed E-state index contributed by atoms with van der Waals surface area (Å²) in [4.78, 5) is 4.19. The normalized spacial score (nSPS) is 11.6. The van der Waals surface area contributed by atoms with Gasteiger partial charge in [-0.25, -0.2) is 0 Å². The molecule has 2 aromatic heterocycles. The van der Waals surface area contributed by atoms with E-state index in [0.717, 1.165) is 29.5 Å². The Kier molecular flexibility index (Phi) is 4.57. The molecule has 2 rings (SSSR count). The molecule has 0 unspecified atom stereocenters. The minimum Gasteiger partial charge on any atom is -0.361 e. The number of guanidine groups is 1. The van der Waals surface area contributed by atoms with Crippen LogP contribution >= 0.6 is 11.3 Å². The van der Waals surface area contributed by atoms with Gasteiger partial charge < -0.3 is 15.2 Å². The molecule has 0 aliphatic heterocycles. The van der Waals surface area contributed by atoms with Crippen LogP contribution in [-0.2, 0) is 13.1 Å². The van der Waals surface area contributed by atoms with Crippen LogP contribution in [-0.4, -0.2) is 18.2 Å². The van der Waals surface area contributed by atoms with Gasteiger partial charge in [-0.1, -0.05) is 5.16 Å². The quantitative estimate of drug-likeness (QED) is 0.665. The zero-order valence-electron chi connectivity index (χ0n) is 11.4. The van der Waals surface area contributed by atoms with E-state index < -0.39 is 0 Å². The molecule has 0 fully saturated rings. The molecule has 19 heavy (non-hydrogen) atoms. The fourth-order valence-corrected chi connectivity index (χ4v) is 2.39. The maximum absolute atomic E-state index is 5.13. The first kappa shape index (κ1) is 13.6. The number of hydrogen-bond donors (Lipinski definition) is 2. The lowest BCUT2D eigenvalue weighted by molar-refractivity contribution is 0.392. The van der Waals surface area contributed by atoms with Crippen LogP contribution in [0.2, 0.25) is 0 Å². The summed E-state index contributed by atoms with van der Waals surface area (Å²) in [5.74, 6) is 1.62. The first-order valence-corrected chi connectivity index (χ1v) is 7.02. The second-order valence-electron chi connectivity index (χ2n) is 4.21. The van der Waals surface area contributed by atoms with Crippen molar-refractivity contribution in [2.24, 2.45) is 4.99 Å². The minimum absolute atomic E-state index is 0.657. The van der Waals surface area contributed by atoms with E-state index in [1.807, 2.05) is 13.8 Å². The summed E-state index contributed by atoms with van der Waals surface area (Å²) >= 11 is 1.69. The third-order valence-corrected chi connectivity index (χ3v) is 3.61. The molecule has 2 aromatic rings. The van der Waals surface area contributed by atoms with E-state index >= 15 is 0 Å². The van der Waals surface area contributed by atoms with Gasteiger partial charge in [-0.2, -0.15) is 11.3 Å². The lowest BCUT2D eigenvalue weighted by atomic mass is 10.2. The molecule has 0 amide bonds. The van der Waals surface area contributed by atoms with Gasteiger partial charge in [0.15, 0.2) is 5.96 Å². The Morgan fingerprint density at radius 2 is 2.16 bits per heavy atom. The second kappa shape index (κ2) is 6.38. The number of thiophene rings is 1. The molecule has 0 saturated heterocycles. The van der Waals surface area contributed by atoms with Crippen molar-refractivity contribution in [2.75, 3.05) is 7.05 Å². The molecule has 0 atom stereocenters. The predicted molar refractivity (Wildman–Crippen MR) is 77.3 cm³/mol. The Labute approximate surface area is 116 Å². The Bertz CT molecular complexity index is 525. The van der Waals surface area contributed by atoms with Crippen LogP contribution in [0.3, 0.4) is 0 Å². The lowest BCUT2D eigenvalue weighted by Crippen LogP contribution is -2.36. The van der Waals surface area contributed by atoms with E-state index in [0.29, 0.717) is 6.54 Å². The number of aryl methyl sites for hydroxylation is 2. The van der Waals surface area contributed by atoms with Crippen molar-refractivity contribution in [3.63, 3.8) is 0 Å². The lowest BCUT2D eigenvalue weighted by Gasteiger charge is -2.11. The van der Waals surface area contributed by atoms with Crippen molar-refractivity contribution in [2.45, 2.75) is 26.9 Å². The standard InChI is InChI=1S/C13H18N4OS/c1-9-12(10(2)18-17-9)7-16-13(14-3)15-6-11-4-5-19-8-11/h4-5,8H,6-7H2,1-3H3,(H2,14,15,16). The molecule has 6 heteroatoms. The van der Waals surface area contributed by atoms with E-state index in [2.05, 4.69) is 37.6 Å². The van der Waals surface area contributed by atoms with Gasteiger partial charge >= 0.3 is 0 Å². The summed E-state index contributed by atoms with van der Waals surface area (Å²) in [6.45, 7) is 5.28. The second-order valence-corrected chi connectivity index (χ2v) is 4.99. The number of nitrogens with zero attached hydrogens (tertiary/aromatic N) is 2. The maximum atomic E-state index is 5.13. The van der Waals surface area contributed by atoms with Gasteiger partial charge in [0.25, 0.3) is 0 Å². The Balaban J connectivity index is 1.86. The molecule has 102 valence electrons. The van der Waals surface area contributed by atoms with Crippen LogP contribution in [0.5, 0.6) is 0 Å². The predicted octanol–water partition coefficient (Wildman–Crippen LogP) is 2.22. The summed E-state index contributed by atoms with van der Waals surface area (Å²) < 4.78 is 5.13. The zero-order chi connectivity index (χ0) is 13.7. The number of hydrogen-bond acceptors (Lipinski definition) is 4. The van der Waals surface area contributed by atoms with Crippen LogP contribution in [0.25, 0.3) is 0 Å². The molecule has 0 aromatic carbocycles. The van der Waals surface area contributed by atoms with Crippen molar-refractivity contribution in [1.29, 1.82) is 0 Å². The third kappa shape index (κ3) is 3.57. The van der Waals surface area contributed by atoms with E-state index in [1.165, 1.54) is 5.56 Å². The van der Waals surface area contributed by atoms with Gasteiger partial charge in [0.1, 0.15) is 5.76 Å². The molecule has 0 saturated carbocycles. The van der Waals surface area contributed by atoms with E-state index in [4.69, 9.17) is 4.52 Å². The number of rotatable bonds is 4. The summed E-state index contributed by atoms with van der Waals surface area (Å²) in [7, 11) is 1.76. The molecule has 0 aliphatic rings. The molecule has 2 heterocycles. The largest absolute Gasteiger partial charge is 0.361 e. The van der Waals surface area contributed by atoms with Gasteiger partial charge in [0.2, 0.25) is 0 Å². The van der Waals surface area contributed by atoms with Crippen molar-refractivity contribution in [1.82, 2.24) is 15.8 Å². The minimum atomic E-state index is 0.657. The van der Waals surface area contributed by atoms with E-state index in [1.54, 1.807) is 18.4 Å². The van der Waals surface area contributed by atoms with Crippen molar-refractivity contribution >= 4 is 17.3 Å². The van der Waals surface area contributed by atoms with Crippen LogP contribution < -0.4 is 10.6 Å². The zero-order valence-corrected chi connectivity index (χ0v) is 12.2. The van der Waals surface area contributed by atoms with Crippen molar-refractivity contribution < 1.29 is 4.52 Å². The van der Waals surface area contributed by atoms with E-state index in [-0.39, 0.29) is 0 Å². The molecule has 0 spiro atoms. The summed E-state index contributed by atoms with van der Waals surface area (Å²) in [5.41, 5.74) is 3.25. The van der Waals surface area contributed by atoms with Gasteiger partial charge in [0.05, 0.1) is 5.69 Å². The highest BCUT2D eigenvalue weighted by Gasteiger charge is 2.09. The molecule has 2 N–H and O–H groups in total. The van der Waals surface area contributed by atoms with Gasteiger partial charge in [0, 0.05) is 25.7 Å². The topological polar surface area (TPSA) is 62.5 Å². The monoisotopic (exact) mass is 278 g/mol. The first-order chi connectivity index (χ1) is 9.20. The summed E-state index contributed by atoms with van der Waals surface area (Å²) in [6, 6.07) is 2.10. The van der Waals surface area contributed by atoms with Gasteiger partial charge in [-0.05, 0) is 36.2 Å². The molecule has 0 aliphatic carbocycles. The first-order valence-electron chi connectivity index (χ1n) is 6.08. The molecular formula is C13H18N4OS. The van der Waals surface area contributed by atoms with Crippen LogP contribution in [0, 0.1) is 13.8 Å².